The number of rotatable bonds is 3. The lowest BCUT2D eigenvalue weighted by Gasteiger charge is -2.29. The van der Waals surface area contributed by atoms with Crippen molar-refractivity contribution in [3.05, 3.63) is 29.8 Å². The summed E-state index contributed by atoms with van der Waals surface area (Å²) in [7, 11) is 0. The average Bonchev–Trinajstić information content (AvgIpc) is 2.57. The maximum absolute atomic E-state index is 5.84. The number of hydrogen-bond acceptors (Lipinski definition) is 3. The van der Waals surface area contributed by atoms with E-state index in [-0.39, 0.29) is 0 Å². The second-order valence-corrected chi connectivity index (χ2v) is 4.32. The summed E-state index contributed by atoms with van der Waals surface area (Å²) in [6.07, 6.45) is 1.37. The van der Waals surface area contributed by atoms with E-state index in [1.165, 1.54) is 5.56 Å². The molecule has 2 aliphatic rings. The van der Waals surface area contributed by atoms with Gasteiger partial charge in [-0.05, 0) is 11.6 Å². The molecule has 2 aliphatic heterocycles. The van der Waals surface area contributed by atoms with Crippen LogP contribution in [0.1, 0.15) is 5.56 Å². The molecule has 1 atom stereocenters. The minimum atomic E-state index is 0.322. The molecule has 3 nitrogen and oxygen atoms in total. The molecule has 1 aromatic carbocycles. The Morgan fingerprint density at radius 1 is 1.33 bits per heavy atom. The van der Waals surface area contributed by atoms with E-state index in [1.54, 1.807) is 0 Å². The summed E-state index contributed by atoms with van der Waals surface area (Å²) in [5.74, 6) is 1.07. The zero-order valence-corrected chi connectivity index (χ0v) is 8.70. The Morgan fingerprint density at radius 3 is 2.93 bits per heavy atom. The molecule has 0 radical (unpaired) electrons. The van der Waals surface area contributed by atoms with Crippen LogP contribution in [-0.2, 0) is 6.42 Å². The van der Waals surface area contributed by atoms with E-state index >= 15 is 0 Å². The SMILES string of the molecule is c1ccc2c(c1)CC(CNC1CNC1)O2. The van der Waals surface area contributed by atoms with E-state index in [0.29, 0.717) is 12.1 Å². The highest BCUT2D eigenvalue weighted by molar-refractivity contribution is 5.37. The Balaban J connectivity index is 1.54. The van der Waals surface area contributed by atoms with Crippen LogP contribution in [0.15, 0.2) is 24.3 Å². The minimum absolute atomic E-state index is 0.322. The zero-order chi connectivity index (χ0) is 10.1. The molecular weight excluding hydrogens is 188 g/mol. The monoisotopic (exact) mass is 204 g/mol. The first-order chi connectivity index (χ1) is 7.42. The Hall–Kier alpha value is -1.06. The summed E-state index contributed by atoms with van der Waals surface area (Å²) in [5.41, 5.74) is 1.34. The quantitative estimate of drug-likeness (QED) is 0.754. The summed E-state index contributed by atoms with van der Waals surface area (Å²) in [6.45, 7) is 3.15. The number of fused-ring (bicyclic) bond motifs is 1. The molecule has 0 amide bonds. The molecular formula is C12H16N2O. The number of nitrogens with one attached hydrogen (secondary N) is 2. The molecule has 1 unspecified atom stereocenters. The summed E-state index contributed by atoms with van der Waals surface area (Å²) in [5, 5.41) is 6.76. The Morgan fingerprint density at radius 2 is 2.20 bits per heavy atom. The molecule has 80 valence electrons. The van der Waals surface area contributed by atoms with Gasteiger partial charge in [0.2, 0.25) is 0 Å². The predicted octanol–water partition coefficient (Wildman–Crippen LogP) is 0.551. The molecule has 2 N–H and O–H groups in total. The van der Waals surface area contributed by atoms with E-state index in [1.807, 2.05) is 6.07 Å². The van der Waals surface area contributed by atoms with Crippen LogP contribution in [0.25, 0.3) is 0 Å². The molecule has 0 aromatic heterocycles. The molecule has 0 bridgehead atoms. The molecule has 15 heavy (non-hydrogen) atoms. The molecule has 2 heterocycles. The normalized spacial score (nSPS) is 24.4. The van der Waals surface area contributed by atoms with Crippen LogP contribution in [0.3, 0.4) is 0 Å². The van der Waals surface area contributed by atoms with Crippen LogP contribution in [-0.4, -0.2) is 31.8 Å². The highest BCUT2D eigenvalue weighted by atomic mass is 16.5. The van der Waals surface area contributed by atoms with Gasteiger partial charge < -0.3 is 15.4 Å². The van der Waals surface area contributed by atoms with Crippen molar-refractivity contribution in [2.75, 3.05) is 19.6 Å². The maximum Gasteiger partial charge on any atom is 0.123 e. The third kappa shape index (κ3) is 1.85. The van der Waals surface area contributed by atoms with Gasteiger partial charge in [0.25, 0.3) is 0 Å². The third-order valence-corrected chi connectivity index (χ3v) is 3.13. The largest absolute Gasteiger partial charge is 0.488 e. The number of ether oxygens (including phenoxy) is 1. The van der Waals surface area contributed by atoms with Crippen molar-refractivity contribution in [2.45, 2.75) is 18.6 Å². The van der Waals surface area contributed by atoms with Crippen LogP contribution in [0.5, 0.6) is 5.75 Å². The van der Waals surface area contributed by atoms with Gasteiger partial charge in [-0.1, -0.05) is 18.2 Å². The second kappa shape index (κ2) is 3.83. The Labute approximate surface area is 89.8 Å². The smallest absolute Gasteiger partial charge is 0.123 e. The first-order valence-corrected chi connectivity index (χ1v) is 5.60. The third-order valence-electron chi connectivity index (χ3n) is 3.13. The molecule has 1 saturated heterocycles. The molecule has 3 heteroatoms. The van der Waals surface area contributed by atoms with Gasteiger partial charge in [-0.3, -0.25) is 0 Å². The fraction of sp³-hybridized carbons (Fsp3) is 0.500. The highest BCUT2D eigenvalue weighted by Crippen LogP contribution is 2.27. The summed E-state index contributed by atoms with van der Waals surface area (Å²) in [6, 6.07) is 8.97. The van der Waals surface area contributed by atoms with E-state index in [0.717, 1.165) is 31.8 Å². The lowest BCUT2D eigenvalue weighted by Crippen LogP contribution is -2.56. The Kier molecular flexibility index (Phi) is 2.35. The van der Waals surface area contributed by atoms with Crippen molar-refractivity contribution in [1.82, 2.24) is 10.6 Å². The molecule has 0 aliphatic carbocycles. The summed E-state index contributed by atoms with van der Waals surface area (Å²) in [4.78, 5) is 0. The van der Waals surface area contributed by atoms with Crippen molar-refractivity contribution >= 4 is 0 Å². The standard InChI is InChI=1S/C12H16N2O/c1-2-4-12-9(3-1)5-11(15-12)8-14-10-6-13-7-10/h1-4,10-11,13-14H,5-8H2. The lowest BCUT2D eigenvalue weighted by molar-refractivity contribution is 0.212. The first kappa shape index (κ1) is 9.19. The number of para-hydroxylation sites is 1. The molecule has 1 fully saturated rings. The van der Waals surface area contributed by atoms with Crippen LogP contribution in [0.4, 0.5) is 0 Å². The number of benzene rings is 1. The average molecular weight is 204 g/mol. The van der Waals surface area contributed by atoms with E-state index in [2.05, 4.69) is 28.8 Å². The van der Waals surface area contributed by atoms with Gasteiger partial charge in [0.1, 0.15) is 11.9 Å². The van der Waals surface area contributed by atoms with Crippen LogP contribution in [0, 0.1) is 0 Å². The van der Waals surface area contributed by atoms with Crippen molar-refractivity contribution in [3.63, 3.8) is 0 Å². The van der Waals surface area contributed by atoms with E-state index < -0.39 is 0 Å². The summed E-state index contributed by atoms with van der Waals surface area (Å²) < 4.78 is 5.84. The molecule has 0 saturated carbocycles. The van der Waals surface area contributed by atoms with Crippen LogP contribution >= 0.6 is 0 Å². The van der Waals surface area contributed by atoms with Crippen molar-refractivity contribution in [3.8, 4) is 5.75 Å². The zero-order valence-electron chi connectivity index (χ0n) is 8.70. The first-order valence-electron chi connectivity index (χ1n) is 5.60. The maximum atomic E-state index is 5.84. The predicted molar refractivity (Wildman–Crippen MR) is 59.2 cm³/mol. The highest BCUT2D eigenvalue weighted by Gasteiger charge is 2.24. The Bertz CT molecular complexity index is 324. The van der Waals surface area contributed by atoms with E-state index in [9.17, 15) is 0 Å². The van der Waals surface area contributed by atoms with Gasteiger partial charge >= 0.3 is 0 Å². The van der Waals surface area contributed by atoms with Crippen LogP contribution in [0.2, 0.25) is 0 Å². The van der Waals surface area contributed by atoms with Crippen molar-refractivity contribution in [1.29, 1.82) is 0 Å². The number of hydrogen-bond donors (Lipinski definition) is 2. The molecule has 1 aromatic rings. The van der Waals surface area contributed by atoms with Gasteiger partial charge in [-0.15, -0.1) is 0 Å². The molecule has 0 spiro atoms. The molecule has 3 rings (SSSR count). The lowest BCUT2D eigenvalue weighted by atomic mass is 10.1. The summed E-state index contributed by atoms with van der Waals surface area (Å²) >= 11 is 0. The fourth-order valence-corrected chi connectivity index (χ4v) is 2.10. The van der Waals surface area contributed by atoms with Crippen molar-refractivity contribution in [2.24, 2.45) is 0 Å². The second-order valence-electron chi connectivity index (χ2n) is 4.32. The van der Waals surface area contributed by atoms with Gasteiger partial charge in [0.15, 0.2) is 0 Å². The van der Waals surface area contributed by atoms with Crippen molar-refractivity contribution < 1.29 is 4.74 Å². The topological polar surface area (TPSA) is 33.3 Å². The van der Waals surface area contributed by atoms with Gasteiger partial charge in [-0.25, -0.2) is 0 Å². The van der Waals surface area contributed by atoms with Crippen LogP contribution < -0.4 is 15.4 Å². The minimum Gasteiger partial charge on any atom is -0.488 e. The van der Waals surface area contributed by atoms with Gasteiger partial charge in [0, 0.05) is 32.1 Å². The van der Waals surface area contributed by atoms with Gasteiger partial charge in [0.05, 0.1) is 0 Å². The van der Waals surface area contributed by atoms with Gasteiger partial charge in [-0.2, -0.15) is 0 Å². The van der Waals surface area contributed by atoms with E-state index in [4.69, 9.17) is 4.74 Å². The fourth-order valence-electron chi connectivity index (χ4n) is 2.10.